The van der Waals surface area contributed by atoms with Crippen LogP contribution in [0.2, 0.25) is 0 Å². The van der Waals surface area contributed by atoms with Crippen molar-refractivity contribution in [3.05, 3.63) is 44.9 Å². The fourth-order valence-corrected chi connectivity index (χ4v) is 1.52. The number of alkyl halides is 3. The number of hydrogen-bond donors (Lipinski definition) is 1. The average molecular weight is 383 g/mol. The van der Waals surface area contributed by atoms with Gasteiger partial charge in [0.05, 0.1) is 4.92 Å². The van der Waals surface area contributed by atoms with E-state index < -0.39 is 34.9 Å². The van der Waals surface area contributed by atoms with Crippen LogP contribution in [0, 0.1) is 10.1 Å². The number of carbonyl (C=O) groups is 1. The second-order valence-corrected chi connectivity index (χ2v) is 5.16. The molecular formula is C12H10BrF3N2O4. The van der Waals surface area contributed by atoms with E-state index in [9.17, 15) is 28.1 Å². The highest BCUT2D eigenvalue weighted by molar-refractivity contribution is 9.11. The summed E-state index contributed by atoms with van der Waals surface area (Å²) < 4.78 is 41.2. The molecule has 0 aliphatic heterocycles. The van der Waals surface area contributed by atoms with E-state index in [0.717, 1.165) is 18.2 Å². The summed E-state index contributed by atoms with van der Waals surface area (Å²) >= 11 is 2.99. The summed E-state index contributed by atoms with van der Waals surface area (Å²) in [5.74, 6) is -1.13. The second-order valence-electron chi connectivity index (χ2n) is 4.04. The zero-order valence-corrected chi connectivity index (χ0v) is 12.5. The van der Waals surface area contributed by atoms with Gasteiger partial charge in [-0.05, 0) is 12.1 Å². The number of ether oxygens (including phenoxy) is 1. The lowest BCUT2D eigenvalue weighted by atomic mass is 10.1. The van der Waals surface area contributed by atoms with Gasteiger partial charge in [0.2, 0.25) is 0 Å². The first-order valence-electron chi connectivity index (χ1n) is 5.69. The van der Waals surface area contributed by atoms with Crippen molar-refractivity contribution in [2.75, 3.05) is 13.2 Å². The van der Waals surface area contributed by atoms with Crippen LogP contribution in [0.3, 0.4) is 0 Å². The van der Waals surface area contributed by atoms with Crippen LogP contribution in [0.4, 0.5) is 18.9 Å². The molecule has 0 unspecified atom stereocenters. The summed E-state index contributed by atoms with van der Waals surface area (Å²) in [6.45, 7) is 1.91. The van der Waals surface area contributed by atoms with Crippen LogP contribution in [0.15, 0.2) is 29.3 Å². The van der Waals surface area contributed by atoms with Gasteiger partial charge < -0.3 is 10.1 Å². The fourth-order valence-electron chi connectivity index (χ4n) is 1.38. The van der Waals surface area contributed by atoms with Gasteiger partial charge in [-0.2, -0.15) is 13.2 Å². The van der Waals surface area contributed by atoms with Gasteiger partial charge in [0.1, 0.15) is 11.3 Å². The molecule has 0 aromatic heterocycles. The Bertz CT molecular complexity index is 605. The number of nitrogens with zero attached hydrogens (tertiary/aromatic N) is 1. The maximum Gasteiger partial charge on any atom is 0.422 e. The lowest BCUT2D eigenvalue weighted by Crippen LogP contribution is -2.25. The maximum atomic E-state index is 12.1. The Morgan fingerprint density at radius 1 is 1.45 bits per heavy atom. The third-order valence-corrected chi connectivity index (χ3v) is 2.53. The number of rotatable bonds is 6. The molecule has 0 saturated carbocycles. The van der Waals surface area contributed by atoms with Gasteiger partial charge in [0.25, 0.3) is 11.6 Å². The quantitative estimate of drug-likeness (QED) is 0.605. The number of hydrogen-bond acceptors (Lipinski definition) is 4. The molecule has 0 bridgehead atoms. The van der Waals surface area contributed by atoms with Gasteiger partial charge in [-0.1, -0.05) is 22.5 Å². The molecule has 0 aliphatic carbocycles. The van der Waals surface area contributed by atoms with Crippen molar-refractivity contribution < 1.29 is 27.6 Å². The van der Waals surface area contributed by atoms with Crippen molar-refractivity contribution in [2.24, 2.45) is 0 Å². The standard InChI is InChI=1S/C12H10BrF3N2O4/c1-7(13)5-17-11(19)9-4-8(22-6-12(14,15)16)2-3-10(9)18(20)21/h2-4H,1,5-6H2,(H,17,19). The molecule has 1 N–H and O–H groups in total. The second kappa shape index (κ2) is 7.25. The van der Waals surface area contributed by atoms with E-state index in [1.807, 2.05) is 0 Å². The first kappa shape index (κ1) is 18.0. The molecule has 0 spiro atoms. The first-order valence-corrected chi connectivity index (χ1v) is 6.49. The van der Waals surface area contributed by atoms with E-state index in [2.05, 4.69) is 32.6 Å². The molecule has 1 aromatic carbocycles. The van der Waals surface area contributed by atoms with Gasteiger partial charge in [0.15, 0.2) is 6.61 Å². The Kier molecular flexibility index (Phi) is 5.92. The van der Waals surface area contributed by atoms with E-state index in [0.29, 0.717) is 4.48 Å². The number of halogens is 4. The molecule has 0 aliphatic rings. The van der Waals surface area contributed by atoms with E-state index in [1.165, 1.54) is 0 Å². The van der Waals surface area contributed by atoms with Crippen molar-refractivity contribution in [1.82, 2.24) is 5.32 Å². The molecule has 1 rings (SSSR count). The molecule has 10 heteroatoms. The van der Waals surface area contributed by atoms with E-state index in [1.54, 1.807) is 0 Å². The van der Waals surface area contributed by atoms with Crippen molar-refractivity contribution in [3.63, 3.8) is 0 Å². The molecule has 0 saturated heterocycles. The van der Waals surface area contributed by atoms with Crippen LogP contribution >= 0.6 is 15.9 Å². The Labute approximate surface area is 131 Å². The molecule has 6 nitrogen and oxygen atoms in total. The molecule has 0 radical (unpaired) electrons. The Morgan fingerprint density at radius 2 is 2.09 bits per heavy atom. The summed E-state index contributed by atoms with van der Waals surface area (Å²) in [5.41, 5.74) is -0.949. The zero-order valence-electron chi connectivity index (χ0n) is 10.9. The lowest BCUT2D eigenvalue weighted by Gasteiger charge is -2.10. The summed E-state index contributed by atoms with van der Waals surface area (Å²) in [6.07, 6.45) is -4.56. The van der Waals surface area contributed by atoms with E-state index in [4.69, 9.17) is 0 Å². The smallest absolute Gasteiger partial charge is 0.422 e. The maximum absolute atomic E-state index is 12.1. The predicted octanol–water partition coefficient (Wildman–Crippen LogP) is 3.17. The minimum atomic E-state index is -4.56. The number of benzene rings is 1. The van der Waals surface area contributed by atoms with Crippen LogP contribution in [0.5, 0.6) is 5.75 Å². The fraction of sp³-hybridized carbons (Fsp3) is 0.250. The largest absolute Gasteiger partial charge is 0.484 e. The summed E-state index contributed by atoms with van der Waals surface area (Å²) in [5, 5.41) is 13.2. The molecule has 120 valence electrons. The Morgan fingerprint density at radius 3 is 2.59 bits per heavy atom. The topological polar surface area (TPSA) is 81.5 Å². The van der Waals surface area contributed by atoms with Crippen LogP contribution in [0.25, 0.3) is 0 Å². The van der Waals surface area contributed by atoms with Gasteiger partial charge in [-0.15, -0.1) is 0 Å². The van der Waals surface area contributed by atoms with Crippen molar-refractivity contribution in [3.8, 4) is 5.75 Å². The number of amides is 1. The first-order chi connectivity index (χ1) is 10.1. The van der Waals surface area contributed by atoms with E-state index >= 15 is 0 Å². The van der Waals surface area contributed by atoms with Crippen molar-refractivity contribution in [1.29, 1.82) is 0 Å². The van der Waals surface area contributed by atoms with Gasteiger partial charge >= 0.3 is 6.18 Å². The van der Waals surface area contributed by atoms with Crippen molar-refractivity contribution in [2.45, 2.75) is 6.18 Å². The highest BCUT2D eigenvalue weighted by Gasteiger charge is 2.29. The van der Waals surface area contributed by atoms with Crippen LogP contribution in [0.1, 0.15) is 10.4 Å². The van der Waals surface area contributed by atoms with Crippen LogP contribution in [-0.2, 0) is 0 Å². The lowest BCUT2D eigenvalue weighted by molar-refractivity contribution is -0.385. The average Bonchev–Trinajstić information content (AvgIpc) is 2.41. The third kappa shape index (κ3) is 5.72. The highest BCUT2D eigenvalue weighted by atomic mass is 79.9. The predicted molar refractivity (Wildman–Crippen MR) is 75.0 cm³/mol. The van der Waals surface area contributed by atoms with Crippen molar-refractivity contribution >= 4 is 27.5 Å². The van der Waals surface area contributed by atoms with E-state index in [-0.39, 0.29) is 12.3 Å². The number of nitro benzene ring substituents is 1. The van der Waals surface area contributed by atoms with Crippen LogP contribution in [-0.4, -0.2) is 30.2 Å². The monoisotopic (exact) mass is 382 g/mol. The molecular weight excluding hydrogens is 373 g/mol. The summed E-state index contributed by atoms with van der Waals surface area (Å²) in [6, 6.07) is 2.78. The number of carbonyl (C=O) groups excluding carboxylic acids is 1. The number of nitro groups is 1. The zero-order chi connectivity index (χ0) is 16.9. The number of nitrogens with one attached hydrogen (secondary N) is 1. The molecule has 0 fully saturated rings. The Hall–Kier alpha value is -2.10. The molecule has 1 amide bonds. The summed E-state index contributed by atoms with van der Waals surface area (Å²) in [7, 11) is 0. The minimum Gasteiger partial charge on any atom is -0.484 e. The SMILES string of the molecule is C=C(Br)CNC(=O)c1cc(OCC(F)(F)F)ccc1[N+](=O)[O-]. The van der Waals surface area contributed by atoms with Crippen LogP contribution < -0.4 is 10.1 Å². The normalized spacial score (nSPS) is 10.9. The van der Waals surface area contributed by atoms with Gasteiger partial charge in [0, 0.05) is 17.1 Å². The molecule has 1 aromatic rings. The summed E-state index contributed by atoms with van der Waals surface area (Å²) in [4.78, 5) is 21.9. The van der Waals surface area contributed by atoms with Gasteiger partial charge in [-0.25, -0.2) is 0 Å². The molecule has 0 heterocycles. The van der Waals surface area contributed by atoms with Gasteiger partial charge in [-0.3, -0.25) is 14.9 Å². The third-order valence-electron chi connectivity index (χ3n) is 2.25. The molecule has 22 heavy (non-hydrogen) atoms. The molecule has 0 atom stereocenters. The minimum absolute atomic E-state index is 0.00359. The highest BCUT2D eigenvalue weighted by Crippen LogP contribution is 2.25. The Balaban J connectivity index is 3.02.